The lowest BCUT2D eigenvalue weighted by Crippen LogP contribution is -2.25. The summed E-state index contributed by atoms with van der Waals surface area (Å²) in [7, 11) is 0. The lowest BCUT2D eigenvalue weighted by atomic mass is 9.70. The van der Waals surface area contributed by atoms with Crippen LogP contribution in [0.2, 0.25) is 0 Å². The van der Waals surface area contributed by atoms with Crippen molar-refractivity contribution in [3.63, 3.8) is 0 Å². The highest BCUT2D eigenvalue weighted by molar-refractivity contribution is 5.69. The Morgan fingerprint density at radius 2 is 1.17 bits per heavy atom. The van der Waals surface area contributed by atoms with Crippen molar-refractivity contribution in [3.05, 3.63) is 0 Å². The molecule has 0 heterocycles. The molecule has 0 radical (unpaired) electrons. The van der Waals surface area contributed by atoms with Gasteiger partial charge in [0.05, 0.1) is 6.61 Å². The van der Waals surface area contributed by atoms with Crippen molar-refractivity contribution < 1.29 is 9.53 Å². The zero-order valence-corrected chi connectivity index (χ0v) is 19.6. The Bertz CT molecular complexity index is 391. The highest BCUT2D eigenvalue weighted by Gasteiger charge is 2.29. The summed E-state index contributed by atoms with van der Waals surface area (Å²) in [5.74, 6) is 2.62. The molecule has 2 fully saturated rings. The van der Waals surface area contributed by atoms with Gasteiger partial charge in [0.25, 0.3) is 0 Å². The van der Waals surface area contributed by atoms with E-state index in [1.54, 1.807) is 0 Å². The number of hydrogen-bond donors (Lipinski definition) is 0. The highest BCUT2D eigenvalue weighted by atomic mass is 16.5. The molecule has 0 bridgehead atoms. The second-order valence-corrected chi connectivity index (χ2v) is 10.1. The largest absolute Gasteiger partial charge is 0.466 e. The number of esters is 1. The molecule has 0 amide bonds. The molecule has 2 aliphatic rings. The monoisotopic (exact) mass is 406 g/mol. The van der Waals surface area contributed by atoms with Gasteiger partial charge < -0.3 is 4.74 Å². The van der Waals surface area contributed by atoms with Gasteiger partial charge in [0.1, 0.15) is 0 Å². The summed E-state index contributed by atoms with van der Waals surface area (Å²) < 4.78 is 5.53. The van der Waals surface area contributed by atoms with E-state index in [-0.39, 0.29) is 5.97 Å². The number of hydrogen-bond acceptors (Lipinski definition) is 2. The fourth-order valence-corrected chi connectivity index (χ4v) is 5.72. The lowest BCUT2D eigenvalue weighted by molar-refractivity contribution is -0.145. The van der Waals surface area contributed by atoms with Gasteiger partial charge in [-0.2, -0.15) is 0 Å². The molecule has 2 saturated carbocycles. The quantitative estimate of drug-likeness (QED) is 0.201. The fraction of sp³-hybridized carbons (Fsp3) is 0.963. The molecular weight excluding hydrogens is 356 g/mol. The molecule has 0 spiro atoms. The van der Waals surface area contributed by atoms with Crippen molar-refractivity contribution in [1.29, 1.82) is 0 Å². The Kier molecular flexibility index (Phi) is 13.8. The van der Waals surface area contributed by atoms with Crippen molar-refractivity contribution in [2.75, 3.05) is 6.61 Å². The number of ether oxygens (including phenoxy) is 1. The summed E-state index contributed by atoms with van der Waals surface area (Å²) in [4.78, 5) is 12.2. The molecule has 29 heavy (non-hydrogen) atoms. The number of carbonyl (C=O) groups excluding carboxylic acids is 1. The summed E-state index contributed by atoms with van der Waals surface area (Å²) in [5.41, 5.74) is 0. The van der Waals surface area contributed by atoms with Crippen molar-refractivity contribution in [2.45, 2.75) is 142 Å². The van der Waals surface area contributed by atoms with Crippen molar-refractivity contribution in [3.8, 4) is 0 Å². The number of rotatable bonds is 15. The van der Waals surface area contributed by atoms with Gasteiger partial charge in [-0.1, -0.05) is 103 Å². The van der Waals surface area contributed by atoms with E-state index in [2.05, 4.69) is 6.92 Å². The van der Waals surface area contributed by atoms with Gasteiger partial charge in [-0.15, -0.1) is 0 Å². The van der Waals surface area contributed by atoms with Gasteiger partial charge in [0.2, 0.25) is 0 Å². The minimum atomic E-state index is 0.0678. The van der Waals surface area contributed by atoms with E-state index in [0.29, 0.717) is 18.9 Å². The van der Waals surface area contributed by atoms with Gasteiger partial charge in [-0.05, 0) is 49.9 Å². The molecule has 0 aromatic rings. The van der Waals surface area contributed by atoms with Crippen LogP contribution in [0.5, 0.6) is 0 Å². The van der Waals surface area contributed by atoms with Crippen LogP contribution in [0, 0.1) is 17.8 Å². The third-order valence-corrected chi connectivity index (χ3v) is 7.67. The maximum Gasteiger partial charge on any atom is 0.306 e. The summed E-state index contributed by atoms with van der Waals surface area (Å²) in [5, 5.41) is 0. The Balaban J connectivity index is 1.37. The van der Waals surface area contributed by atoms with Gasteiger partial charge in [0, 0.05) is 6.42 Å². The molecule has 2 nitrogen and oxygen atoms in total. The van der Waals surface area contributed by atoms with Crippen LogP contribution in [-0.2, 0) is 9.53 Å². The van der Waals surface area contributed by atoms with E-state index in [1.807, 2.05) is 0 Å². The van der Waals surface area contributed by atoms with Crippen LogP contribution in [0.25, 0.3) is 0 Å². The summed E-state index contributed by atoms with van der Waals surface area (Å²) >= 11 is 0. The molecule has 2 heteroatoms. The van der Waals surface area contributed by atoms with Crippen molar-refractivity contribution in [1.82, 2.24) is 0 Å². The third-order valence-electron chi connectivity index (χ3n) is 7.67. The summed E-state index contributed by atoms with van der Waals surface area (Å²) in [6, 6.07) is 0. The maximum absolute atomic E-state index is 12.2. The zero-order chi connectivity index (χ0) is 20.6. The normalized spacial score (nSPS) is 23.2. The smallest absolute Gasteiger partial charge is 0.306 e. The predicted molar refractivity (Wildman–Crippen MR) is 124 cm³/mol. The van der Waals surface area contributed by atoms with Gasteiger partial charge >= 0.3 is 5.97 Å². The second kappa shape index (κ2) is 16.2. The molecule has 170 valence electrons. The Morgan fingerprint density at radius 3 is 1.76 bits per heavy atom. The Labute approximate surface area is 181 Å². The average molecular weight is 407 g/mol. The summed E-state index contributed by atoms with van der Waals surface area (Å²) in [6.45, 7) is 2.92. The van der Waals surface area contributed by atoms with E-state index in [4.69, 9.17) is 4.74 Å². The van der Waals surface area contributed by atoms with Gasteiger partial charge in [-0.3, -0.25) is 4.79 Å². The molecule has 0 aliphatic heterocycles. The van der Waals surface area contributed by atoms with Gasteiger partial charge in [0.15, 0.2) is 0 Å². The lowest BCUT2D eigenvalue weighted by Gasteiger charge is -2.35. The predicted octanol–water partition coefficient (Wildman–Crippen LogP) is 8.62. The zero-order valence-electron chi connectivity index (χ0n) is 19.6. The van der Waals surface area contributed by atoms with Crippen molar-refractivity contribution >= 4 is 5.97 Å². The van der Waals surface area contributed by atoms with Gasteiger partial charge in [-0.25, -0.2) is 0 Å². The SMILES string of the molecule is CCCCCCCCCCCCCOC(=O)CC1CCC(C2CCCCC2)CC1. The fourth-order valence-electron chi connectivity index (χ4n) is 5.72. The first-order valence-corrected chi connectivity index (χ1v) is 13.4. The minimum Gasteiger partial charge on any atom is -0.466 e. The second-order valence-electron chi connectivity index (χ2n) is 10.1. The summed E-state index contributed by atoms with van der Waals surface area (Å²) in [6.07, 6.45) is 27.9. The molecule has 0 aromatic carbocycles. The van der Waals surface area contributed by atoms with E-state index in [1.165, 1.54) is 122 Å². The first-order chi connectivity index (χ1) is 14.3. The molecule has 0 unspecified atom stereocenters. The average Bonchev–Trinajstić information content (AvgIpc) is 2.75. The van der Waals surface area contributed by atoms with E-state index >= 15 is 0 Å². The molecule has 0 N–H and O–H groups in total. The highest BCUT2D eigenvalue weighted by Crippen LogP contribution is 2.40. The van der Waals surface area contributed by atoms with E-state index < -0.39 is 0 Å². The molecule has 2 rings (SSSR count). The first-order valence-electron chi connectivity index (χ1n) is 13.4. The van der Waals surface area contributed by atoms with E-state index in [9.17, 15) is 4.79 Å². The third kappa shape index (κ3) is 11.4. The molecule has 0 atom stereocenters. The molecular formula is C27H50O2. The van der Waals surface area contributed by atoms with Crippen LogP contribution in [0.15, 0.2) is 0 Å². The first kappa shape index (κ1) is 24.7. The Morgan fingerprint density at radius 1 is 0.655 bits per heavy atom. The number of carbonyl (C=O) groups is 1. The van der Waals surface area contributed by atoms with Crippen LogP contribution >= 0.6 is 0 Å². The standard InChI is InChI=1S/C27H50O2/c1-2-3-4-5-6-7-8-9-10-11-15-22-29-27(28)23-24-18-20-26(21-19-24)25-16-13-12-14-17-25/h24-26H,2-23H2,1H3. The van der Waals surface area contributed by atoms with Crippen molar-refractivity contribution in [2.24, 2.45) is 17.8 Å². The maximum atomic E-state index is 12.2. The minimum absolute atomic E-state index is 0.0678. The molecule has 2 aliphatic carbocycles. The Hall–Kier alpha value is -0.530. The van der Waals surface area contributed by atoms with Crippen LogP contribution < -0.4 is 0 Å². The van der Waals surface area contributed by atoms with Crippen LogP contribution in [0.3, 0.4) is 0 Å². The van der Waals surface area contributed by atoms with Crippen LogP contribution in [0.4, 0.5) is 0 Å². The topological polar surface area (TPSA) is 26.3 Å². The van der Waals surface area contributed by atoms with E-state index in [0.717, 1.165) is 18.3 Å². The van der Waals surface area contributed by atoms with Crippen LogP contribution in [-0.4, -0.2) is 12.6 Å². The van der Waals surface area contributed by atoms with Crippen LogP contribution in [0.1, 0.15) is 142 Å². The number of unbranched alkanes of at least 4 members (excludes halogenated alkanes) is 10. The molecule has 0 aromatic heterocycles. The molecule has 0 saturated heterocycles.